The SMILES string of the molecule is COC(=O)c1cccc2nc3cc(C(=O)O)ccc3nc12. The molecule has 0 aliphatic carbocycles. The van der Waals surface area contributed by atoms with Crippen molar-refractivity contribution in [1.82, 2.24) is 9.97 Å². The molecule has 6 nitrogen and oxygen atoms in total. The Balaban J connectivity index is 2.32. The van der Waals surface area contributed by atoms with Crippen LogP contribution in [0.4, 0.5) is 0 Å². The van der Waals surface area contributed by atoms with Gasteiger partial charge in [-0.2, -0.15) is 0 Å². The molecule has 0 fully saturated rings. The van der Waals surface area contributed by atoms with Crippen molar-refractivity contribution in [2.75, 3.05) is 7.11 Å². The third-order valence-corrected chi connectivity index (χ3v) is 3.12. The largest absolute Gasteiger partial charge is 0.478 e. The van der Waals surface area contributed by atoms with Crippen molar-refractivity contribution >= 4 is 34.0 Å². The van der Waals surface area contributed by atoms with Crippen LogP contribution >= 0.6 is 0 Å². The summed E-state index contributed by atoms with van der Waals surface area (Å²) >= 11 is 0. The molecule has 3 rings (SSSR count). The lowest BCUT2D eigenvalue weighted by molar-refractivity contribution is 0.0602. The molecule has 0 atom stereocenters. The van der Waals surface area contributed by atoms with Gasteiger partial charge in [-0.3, -0.25) is 0 Å². The minimum Gasteiger partial charge on any atom is -0.478 e. The molecule has 0 amide bonds. The predicted molar refractivity (Wildman–Crippen MR) is 75.3 cm³/mol. The van der Waals surface area contributed by atoms with Crippen molar-refractivity contribution in [3.63, 3.8) is 0 Å². The van der Waals surface area contributed by atoms with Crippen molar-refractivity contribution in [2.45, 2.75) is 0 Å². The molecule has 6 heteroatoms. The lowest BCUT2D eigenvalue weighted by Crippen LogP contribution is -2.04. The molecule has 1 heterocycles. The first-order valence-corrected chi connectivity index (χ1v) is 6.12. The van der Waals surface area contributed by atoms with Crippen LogP contribution in [-0.4, -0.2) is 34.1 Å². The van der Waals surface area contributed by atoms with E-state index in [4.69, 9.17) is 9.84 Å². The fraction of sp³-hybridized carbons (Fsp3) is 0.0667. The van der Waals surface area contributed by atoms with E-state index in [1.165, 1.54) is 19.2 Å². The minimum atomic E-state index is -1.03. The predicted octanol–water partition coefficient (Wildman–Crippen LogP) is 2.27. The molecule has 0 unspecified atom stereocenters. The molecule has 1 aromatic heterocycles. The van der Waals surface area contributed by atoms with Gasteiger partial charge in [0, 0.05) is 0 Å². The van der Waals surface area contributed by atoms with E-state index in [9.17, 15) is 9.59 Å². The first kappa shape index (κ1) is 13.0. The molecule has 1 N–H and O–H groups in total. The third kappa shape index (κ3) is 2.16. The maximum atomic E-state index is 11.7. The Morgan fingerprint density at radius 1 is 1.05 bits per heavy atom. The van der Waals surface area contributed by atoms with Gasteiger partial charge in [-0.15, -0.1) is 0 Å². The van der Waals surface area contributed by atoms with E-state index in [2.05, 4.69) is 9.97 Å². The second-order valence-electron chi connectivity index (χ2n) is 4.40. The zero-order chi connectivity index (χ0) is 15.0. The van der Waals surface area contributed by atoms with Crippen molar-refractivity contribution in [2.24, 2.45) is 0 Å². The fourth-order valence-corrected chi connectivity index (χ4v) is 2.10. The Hall–Kier alpha value is -3.02. The van der Waals surface area contributed by atoms with Gasteiger partial charge < -0.3 is 9.84 Å². The molecule has 0 spiro atoms. The van der Waals surface area contributed by atoms with E-state index in [0.717, 1.165) is 0 Å². The normalized spacial score (nSPS) is 10.7. The van der Waals surface area contributed by atoms with Crippen molar-refractivity contribution in [3.8, 4) is 0 Å². The Labute approximate surface area is 119 Å². The highest BCUT2D eigenvalue weighted by Gasteiger charge is 2.13. The third-order valence-electron chi connectivity index (χ3n) is 3.12. The number of carbonyl (C=O) groups excluding carboxylic acids is 1. The van der Waals surface area contributed by atoms with Crippen molar-refractivity contribution < 1.29 is 19.4 Å². The van der Waals surface area contributed by atoms with Crippen LogP contribution < -0.4 is 0 Å². The molecule has 21 heavy (non-hydrogen) atoms. The summed E-state index contributed by atoms with van der Waals surface area (Å²) in [5, 5.41) is 9.00. The second-order valence-corrected chi connectivity index (χ2v) is 4.40. The first-order chi connectivity index (χ1) is 10.1. The van der Waals surface area contributed by atoms with Crippen LogP contribution in [0.3, 0.4) is 0 Å². The molecule has 0 saturated heterocycles. The van der Waals surface area contributed by atoms with Gasteiger partial charge in [0.2, 0.25) is 0 Å². The average Bonchev–Trinajstić information content (AvgIpc) is 2.50. The number of hydrogen-bond acceptors (Lipinski definition) is 5. The van der Waals surface area contributed by atoms with E-state index >= 15 is 0 Å². The van der Waals surface area contributed by atoms with E-state index in [-0.39, 0.29) is 5.56 Å². The summed E-state index contributed by atoms with van der Waals surface area (Å²) in [7, 11) is 1.30. The van der Waals surface area contributed by atoms with E-state index < -0.39 is 11.9 Å². The van der Waals surface area contributed by atoms with Crippen molar-refractivity contribution in [3.05, 3.63) is 47.5 Å². The highest BCUT2D eigenvalue weighted by atomic mass is 16.5. The van der Waals surface area contributed by atoms with Crippen LogP contribution in [0.15, 0.2) is 36.4 Å². The van der Waals surface area contributed by atoms with Crippen LogP contribution in [-0.2, 0) is 4.74 Å². The summed E-state index contributed by atoms with van der Waals surface area (Å²) in [6.45, 7) is 0. The molecular formula is C15H10N2O4. The van der Waals surface area contributed by atoms with E-state index in [1.54, 1.807) is 24.3 Å². The standard InChI is InChI=1S/C15H10N2O4/c1-21-15(20)9-3-2-4-11-13(9)17-10-6-5-8(14(18)19)7-12(10)16-11/h2-7H,1H3,(H,18,19). The molecule has 2 aromatic carbocycles. The van der Waals surface area contributed by atoms with Crippen molar-refractivity contribution in [1.29, 1.82) is 0 Å². The highest BCUT2D eigenvalue weighted by Crippen LogP contribution is 2.21. The number of nitrogens with zero attached hydrogens (tertiary/aromatic N) is 2. The molecule has 104 valence electrons. The molecular weight excluding hydrogens is 272 g/mol. The number of para-hydroxylation sites is 1. The van der Waals surface area contributed by atoms with Crippen LogP contribution in [0.25, 0.3) is 22.1 Å². The number of methoxy groups -OCH3 is 1. The van der Waals surface area contributed by atoms with E-state index in [1.807, 2.05) is 0 Å². The summed E-state index contributed by atoms with van der Waals surface area (Å²) in [5.74, 6) is -1.52. The van der Waals surface area contributed by atoms with Gasteiger partial charge >= 0.3 is 11.9 Å². The fourth-order valence-electron chi connectivity index (χ4n) is 2.10. The van der Waals surface area contributed by atoms with Gasteiger partial charge in [0.1, 0.15) is 5.52 Å². The number of carboxylic acids is 1. The molecule has 0 bridgehead atoms. The maximum absolute atomic E-state index is 11.7. The lowest BCUT2D eigenvalue weighted by atomic mass is 10.1. The van der Waals surface area contributed by atoms with Gasteiger partial charge in [-0.25, -0.2) is 19.6 Å². The number of benzene rings is 2. The topological polar surface area (TPSA) is 89.4 Å². The smallest absolute Gasteiger partial charge is 0.340 e. The van der Waals surface area contributed by atoms with Gasteiger partial charge in [-0.05, 0) is 30.3 Å². The zero-order valence-electron chi connectivity index (χ0n) is 11.0. The molecule has 0 aliphatic heterocycles. The number of fused-ring (bicyclic) bond motifs is 2. The number of hydrogen-bond donors (Lipinski definition) is 1. The summed E-state index contributed by atoms with van der Waals surface area (Å²) in [4.78, 5) is 31.5. The number of carbonyl (C=O) groups is 2. The first-order valence-electron chi connectivity index (χ1n) is 6.12. The Morgan fingerprint density at radius 3 is 2.57 bits per heavy atom. The number of esters is 1. The highest BCUT2D eigenvalue weighted by molar-refractivity contribution is 6.03. The molecule has 0 aliphatic rings. The second kappa shape index (κ2) is 4.82. The number of carboxylic acid groups (broad SMARTS) is 1. The number of ether oxygens (including phenoxy) is 1. The van der Waals surface area contributed by atoms with E-state index in [0.29, 0.717) is 27.6 Å². The number of aromatic nitrogens is 2. The number of aromatic carboxylic acids is 1. The lowest BCUT2D eigenvalue weighted by Gasteiger charge is -2.05. The van der Waals surface area contributed by atoms with Crippen LogP contribution in [0.1, 0.15) is 20.7 Å². The average molecular weight is 282 g/mol. The summed E-state index contributed by atoms with van der Waals surface area (Å²) in [5.41, 5.74) is 2.38. The summed E-state index contributed by atoms with van der Waals surface area (Å²) in [6.07, 6.45) is 0. The van der Waals surface area contributed by atoms with Crippen LogP contribution in [0, 0.1) is 0 Å². The van der Waals surface area contributed by atoms with Gasteiger partial charge in [-0.1, -0.05) is 6.07 Å². The Bertz CT molecular complexity index is 889. The van der Waals surface area contributed by atoms with Crippen LogP contribution in [0.2, 0.25) is 0 Å². The maximum Gasteiger partial charge on any atom is 0.340 e. The summed E-state index contributed by atoms with van der Waals surface area (Å²) in [6, 6.07) is 9.47. The summed E-state index contributed by atoms with van der Waals surface area (Å²) < 4.78 is 4.72. The molecule has 3 aromatic rings. The van der Waals surface area contributed by atoms with Gasteiger partial charge in [0.15, 0.2) is 0 Å². The Kier molecular flexibility index (Phi) is 2.98. The Morgan fingerprint density at radius 2 is 1.86 bits per heavy atom. The van der Waals surface area contributed by atoms with Gasteiger partial charge in [0.25, 0.3) is 0 Å². The zero-order valence-corrected chi connectivity index (χ0v) is 11.0. The monoisotopic (exact) mass is 282 g/mol. The molecule has 0 saturated carbocycles. The quantitative estimate of drug-likeness (QED) is 0.573. The molecule has 0 radical (unpaired) electrons. The van der Waals surface area contributed by atoms with Gasteiger partial charge in [0.05, 0.1) is 34.8 Å². The number of rotatable bonds is 2. The van der Waals surface area contributed by atoms with Crippen LogP contribution in [0.5, 0.6) is 0 Å². The minimum absolute atomic E-state index is 0.139.